The number of amides is 1. The zero-order chi connectivity index (χ0) is 15.1. The second-order valence-electron chi connectivity index (χ2n) is 4.55. The Morgan fingerprint density at radius 3 is 2.81 bits per heavy atom. The van der Waals surface area contributed by atoms with Gasteiger partial charge in [-0.15, -0.1) is 0 Å². The molecule has 0 aliphatic rings. The molecule has 1 amide bonds. The number of ether oxygens (including phenoxy) is 1. The Bertz CT molecular complexity index is 617. The number of carbonyl (C=O) groups is 1. The van der Waals surface area contributed by atoms with Gasteiger partial charge in [-0.1, -0.05) is 6.92 Å². The summed E-state index contributed by atoms with van der Waals surface area (Å²) in [4.78, 5) is 11.7. The highest BCUT2D eigenvalue weighted by atomic mass is 16.5. The van der Waals surface area contributed by atoms with E-state index in [-0.39, 0.29) is 5.91 Å². The SMILES string of the molecule is CCCOc1ccc(/C=N/NC(=O)c2cc(C)[nH]n2)cc1. The van der Waals surface area contributed by atoms with Crippen molar-refractivity contribution in [1.29, 1.82) is 0 Å². The average Bonchev–Trinajstić information content (AvgIpc) is 2.93. The van der Waals surface area contributed by atoms with Gasteiger partial charge in [-0.05, 0) is 49.2 Å². The Hall–Kier alpha value is -2.63. The number of nitrogens with one attached hydrogen (secondary N) is 2. The van der Waals surface area contributed by atoms with E-state index >= 15 is 0 Å². The molecule has 0 fully saturated rings. The molecular weight excluding hydrogens is 268 g/mol. The Labute approximate surface area is 123 Å². The van der Waals surface area contributed by atoms with Crippen molar-refractivity contribution in [1.82, 2.24) is 15.6 Å². The molecular formula is C15H18N4O2. The van der Waals surface area contributed by atoms with Crippen molar-refractivity contribution in [2.45, 2.75) is 20.3 Å². The van der Waals surface area contributed by atoms with Crippen molar-refractivity contribution < 1.29 is 9.53 Å². The number of nitrogens with zero attached hydrogens (tertiary/aromatic N) is 2. The summed E-state index contributed by atoms with van der Waals surface area (Å²) in [5.74, 6) is 0.475. The minimum absolute atomic E-state index is 0.313. The molecule has 0 aliphatic heterocycles. The lowest BCUT2D eigenvalue weighted by Gasteiger charge is -2.03. The molecule has 0 saturated heterocycles. The van der Waals surface area contributed by atoms with Gasteiger partial charge >= 0.3 is 0 Å². The Balaban J connectivity index is 1.87. The lowest BCUT2D eigenvalue weighted by molar-refractivity contribution is 0.0950. The summed E-state index contributed by atoms with van der Waals surface area (Å²) in [5.41, 5.74) is 4.44. The second-order valence-corrected chi connectivity index (χ2v) is 4.55. The Morgan fingerprint density at radius 1 is 1.43 bits per heavy atom. The monoisotopic (exact) mass is 286 g/mol. The maximum atomic E-state index is 11.7. The number of hydrogen-bond donors (Lipinski definition) is 2. The zero-order valence-corrected chi connectivity index (χ0v) is 12.1. The third-order valence-electron chi connectivity index (χ3n) is 2.67. The molecule has 0 aliphatic carbocycles. The van der Waals surface area contributed by atoms with E-state index in [1.54, 1.807) is 12.3 Å². The van der Waals surface area contributed by atoms with Crippen LogP contribution in [-0.2, 0) is 0 Å². The van der Waals surface area contributed by atoms with Crippen molar-refractivity contribution in [2.75, 3.05) is 6.61 Å². The number of H-pyrrole nitrogens is 1. The van der Waals surface area contributed by atoms with Crippen molar-refractivity contribution in [3.8, 4) is 5.75 Å². The first-order valence-corrected chi connectivity index (χ1v) is 6.77. The smallest absolute Gasteiger partial charge is 0.291 e. The molecule has 1 aromatic carbocycles. The highest BCUT2D eigenvalue weighted by Crippen LogP contribution is 2.11. The van der Waals surface area contributed by atoms with E-state index in [9.17, 15) is 4.79 Å². The molecule has 2 rings (SSSR count). The van der Waals surface area contributed by atoms with Gasteiger partial charge in [0.2, 0.25) is 0 Å². The summed E-state index contributed by atoms with van der Waals surface area (Å²) < 4.78 is 5.49. The van der Waals surface area contributed by atoms with E-state index in [1.165, 1.54) is 0 Å². The van der Waals surface area contributed by atoms with Crippen molar-refractivity contribution in [3.05, 3.63) is 47.3 Å². The van der Waals surface area contributed by atoms with Crippen LogP contribution < -0.4 is 10.2 Å². The molecule has 1 aromatic heterocycles. The normalized spacial score (nSPS) is 10.8. The zero-order valence-electron chi connectivity index (χ0n) is 12.1. The van der Waals surface area contributed by atoms with Crippen LogP contribution in [0, 0.1) is 6.92 Å². The van der Waals surface area contributed by atoms with Gasteiger partial charge in [-0.3, -0.25) is 9.89 Å². The second kappa shape index (κ2) is 7.23. The molecule has 0 unspecified atom stereocenters. The van der Waals surface area contributed by atoms with Crippen LogP contribution in [0.1, 0.15) is 35.1 Å². The van der Waals surface area contributed by atoms with Crippen molar-refractivity contribution >= 4 is 12.1 Å². The topological polar surface area (TPSA) is 79.4 Å². The number of rotatable bonds is 6. The maximum absolute atomic E-state index is 11.7. The molecule has 0 bridgehead atoms. The molecule has 2 N–H and O–H groups in total. The van der Waals surface area contributed by atoms with Gasteiger partial charge in [0.15, 0.2) is 5.69 Å². The number of hydrazone groups is 1. The van der Waals surface area contributed by atoms with E-state index in [0.717, 1.165) is 23.4 Å². The summed E-state index contributed by atoms with van der Waals surface area (Å²) in [6.45, 7) is 4.59. The summed E-state index contributed by atoms with van der Waals surface area (Å²) in [5, 5.41) is 10.5. The number of aromatic amines is 1. The summed E-state index contributed by atoms with van der Waals surface area (Å²) >= 11 is 0. The van der Waals surface area contributed by atoms with Gasteiger partial charge in [0, 0.05) is 5.69 Å². The first kappa shape index (κ1) is 14.8. The van der Waals surface area contributed by atoms with Crippen LogP contribution in [0.4, 0.5) is 0 Å². The number of aromatic nitrogens is 2. The lowest BCUT2D eigenvalue weighted by Crippen LogP contribution is -2.17. The quantitative estimate of drug-likeness (QED) is 0.631. The molecule has 1 heterocycles. The van der Waals surface area contributed by atoms with E-state index in [0.29, 0.717) is 12.3 Å². The van der Waals surface area contributed by atoms with Crippen LogP contribution in [0.3, 0.4) is 0 Å². The largest absolute Gasteiger partial charge is 0.494 e. The highest BCUT2D eigenvalue weighted by molar-refractivity contribution is 5.93. The number of benzene rings is 1. The molecule has 110 valence electrons. The van der Waals surface area contributed by atoms with Gasteiger partial charge in [-0.25, -0.2) is 5.43 Å². The van der Waals surface area contributed by atoms with Crippen LogP contribution in [0.5, 0.6) is 5.75 Å². The van der Waals surface area contributed by atoms with Crippen LogP contribution in [-0.4, -0.2) is 28.9 Å². The molecule has 0 saturated carbocycles. The Morgan fingerprint density at radius 2 is 2.19 bits per heavy atom. The highest BCUT2D eigenvalue weighted by Gasteiger charge is 2.07. The molecule has 2 aromatic rings. The third kappa shape index (κ3) is 4.45. The van der Waals surface area contributed by atoms with Crippen LogP contribution in [0.25, 0.3) is 0 Å². The molecule has 0 atom stereocenters. The first-order valence-electron chi connectivity index (χ1n) is 6.77. The van der Waals surface area contributed by atoms with Gasteiger partial charge in [0.1, 0.15) is 5.75 Å². The fraction of sp³-hybridized carbons (Fsp3) is 0.267. The van der Waals surface area contributed by atoms with E-state index < -0.39 is 0 Å². The fourth-order valence-corrected chi connectivity index (χ4v) is 1.63. The van der Waals surface area contributed by atoms with E-state index in [1.807, 2.05) is 31.2 Å². The number of hydrogen-bond acceptors (Lipinski definition) is 4. The number of carbonyl (C=O) groups excluding carboxylic acids is 1. The molecule has 0 radical (unpaired) electrons. The fourth-order valence-electron chi connectivity index (χ4n) is 1.63. The standard InChI is InChI=1S/C15H18N4O2/c1-3-8-21-13-6-4-12(5-7-13)10-16-19-15(20)14-9-11(2)17-18-14/h4-7,9-10H,3,8H2,1-2H3,(H,17,18)(H,19,20)/b16-10+. The predicted molar refractivity (Wildman–Crippen MR) is 80.6 cm³/mol. The van der Waals surface area contributed by atoms with Crippen LogP contribution in [0.2, 0.25) is 0 Å². The first-order chi connectivity index (χ1) is 10.2. The lowest BCUT2D eigenvalue weighted by atomic mass is 10.2. The minimum atomic E-state index is -0.349. The average molecular weight is 286 g/mol. The van der Waals surface area contributed by atoms with Gasteiger partial charge in [0.25, 0.3) is 5.91 Å². The van der Waals surface area contributed by atoms with Gasteiger partial charge in [-0.2, -0.15) is 10.2 Å². The van der Waals surface area contributed by atoms with Gasteiger partial charge < -0.3 is 4.74 Å². The summed E-state index contributed by atoms with van der Waals surface area (Å²) in [7, 11) is 0. The van der Waals surface area contributed by atoms with Gasteiger partial charge in [0.05, 0.1) is 12.8 Å². The molecule has 6 heteroatoms. The van der Waals surface area contributed by atoms with E-state index in [4.69, 9.17) is 4.74 Å². The number of aryl methyl sites for hydroxylation is 1. The minimum Gasteiger partial charge on any atom is -0.494 e. The third-order valence-corrected chi connectivity index (χ3v) is 2.67. The van der Waals surface area contributed by atoms with Crippen molar-refractivity contribution in [3.63, 3.8) is 0 Å². The van der Waals surface area contributed by atoms with E-state index in [2.05, 4.69) is 27.6 Å². The Kier molecular flexibility index (Phi) is 5.09. The van der Waals surface area contributed by atoms with Crippen molar-refractivity contribution in [2.24, 2.45) is 5.10 Å². The molecule has 6 nitrogen and oxygen atoms in total. The summed E-state index contributed by atoms with van der Waals surface area (Å²) in [6.07, 6.45) is 2.54. The van der Waals surface area contributed by atoms with Crippen LogP contribution >= 0.6 is 0 Å². The van der Waals surface area contributed by atoms with Crippen LogP contribution in [0.15, 0.2) is 35.4 Å². The maximum Gasteiger partial charge on any atom is 0.291 e. The molecule has 0 spiro atoms. The molecule has 21 heavy (non-hydrogen) atoms. The predicted octanol–water partition coefficient (Wildman–Crippen LogP) is 2.27. The summed E-state index contributed by atoms with van der Waals surface area (Å²) in [6, 6.07) is 9.15.